The van der Waals surface area contributed by atoms with Crippen molar-refractivity contribution in [1.82, 2.24) is 14.8 Å². The van der Waals surface area contributed by atoms with Gasteiger partial charge in [0, 0.05) is 23.3 Å². The average Bonchev–Trinajstić information content (AvgIpc) is 3.15. The molecule has 0 amide bonds. The van der Waals surface area contributed by atoms with Crippen molar-refractivity contribution in [2.45, 2.75) is 18.4 Å². The summed E-state index contributed by atoms with van der Waals surface area (Å²) in [4.78, 5) is 17.5. The van der Waals surface area contributed by atoms with E-state index in [1.807, 2.05) is 6.92 Å². The van der Waals surface area contributed by atoms with Crippen LogP contribution in [0.1, 0.15) is 21.5 Å². The van der Waals surface area contributed by atoms with Crippen LogP contribution in [0.25, 0.3) is 22.2 Å². The lowest BCUT2D eigenvalue weighted by molar-refractivity contribution is 0.103. The van der Waals surface area contributed by atoms with Crippen molar-refractivity contribution >= 4 is 26.8 Å². The SMILES string of the molecule is Cc1ccc(S(=O)(=O)Oc2ccc3c4c(nn3CC=CN)-c3ccncc3C(=O)c24)cc1. The molecule has 9 heteroatoms. The summed E-state index contributed by atoms with van der Waals surface area (Å²) in [5.74, 6) is -0.415. The molecule has 0 bridgehead atoms. The highest BCUT2D eigenvalue weighted by Gasteiger charge is 2.33. The Kier molecular flexibility index (Phi) is 4.56. The van der Waals surface area contributed by atoms with E-state index in [0.29, 0.717) is 34.3 Å². The molecule has 32 heavy (non-hydrogen) atoms. The van der Waals surface area contributed by atoms with Crippen molar-refractivity contribution < 1.29 is 17.4 Å². The molecule has 0 saturated heterocycles. The first kappa shape index (κ1) is 20.0. The number of carbonyl (C=O) groups excluding carboxylic acids is 1. The Morgan fingerprint density at radius 2 is 1.88 bits per heavy atom. The Balaban J connectivity index is 1.73. The highest BCUT2D eigenvalue weighted by atomic mass is 32.2. The first-order chi connectivity index (χ1) is 15.4. The molecule has 2 heterocycles. The van der Waals surface area contributed by atoms with Crippen LogP contribution in [-0.2, 0) is 16.7 Å². The van der Waals surface area contributed by atoms with Gasteiger partial charge in [0.05, 0.1) is 23.2 Å². The number of rotatable bonds is 5. The van der Waals surface area contributed by atoms with E-state index in [0.717, 1.165) is 5.56 Å². The monoisotopic (exact) mass is 446 g/mol. The predicted octanol–water partition coefficient (Wildman–Crippen LogP) is 3.19. The highest BCUT2D eigenvalue weighted by molar-refractivity contribution is 7.87. The molecule has 4 aromatic rings. The zero-order valence-corrected chi connectivity index (χ0v) is 17.8. The lowest BCUT2D eigenvalue weighted by Gasteiger charge is -2.17. The van der Waals surface area contributed by atoms with Gasteiger partial charge < -0.3 is 9.92 Å². The molecule has 0 saturated carbocycles. The molecule has 1 aliphatic rings. The number of nitrogens with two attached hydrogens (primary N) is 1. The van der Waals surface area contributed by atoms with Crippen LogP contribution < -0.4 is 9.92 Å². The Hall–Kier alpha value is -3.98. The predicted molar refractivity (Wildman–Crippen MR) is 119 cm³/mol. The molecule has 2 aromatic carbocycles. The molecule has 2 aromatic heterocycles. The molecular weight excluding hydrogens is 428 g/mol. The first-order valence-electron chi connectivity index (χ1n) is 9.81. The van der Waals surface area contributed by atoms with Crippen LogP contribution in [0.4, 0.5) is 0 Å². The number of fused-ring (bicyclic) bond motifs is 2. The molecule has 160 valence electrons. The van der Waals surface area contributed by atoms with Gasteiger partial charge in [-0.1, -0.05) is 17.7 Å². The van der Waals surface area contributed by atoms with Crippen molar-refractivity contribution in [3.63, 3.8) is 0 Å². The lowest BCUT2D eigenvalue weighted by atomic mass is 9.88. The fraction of sp³-hybridized carbons (Fsp3) is 0.0870. The topological polar surface area (TPSA) is 117 Å². The summed E-state index contributed by atoms with van der Waals surface area (Å²) < 4.78 is 33.0. The van der Waals surface area contributed by atoms with Crippen LogP contribution >= 0.6 is 0 Å². The van der Waals surface area contributed by atoms with Gasteiger partial charge in [0.15, 0.2) is 11.5 Å². The van der Waals surface area contributed by atoms with E-state index in [1.54, 1.807) is 41.2 Å². The van der Waals surface area contributed by atoms with Gasteiger partial charge in [-0.2, -0.15) is 13.5 Å². The zero-order valence-electron chi connectivity index (χ0n) is 17.0. The minimum absolute atomic E-state index is 0.00437. The largest absolute Gasteiger partial charge is 0.405 e. The molecule has 0 aliphatic heterocycles. The van der Waals surface area contributed by atoms with E-state index < -0.39 is 10.1 Å². The Morgan fingerprint density at radius 3 is 2.62 bits per heavy atom. The van der Waals surface area contributed by atoms with Crippen molar-refractivity contribution in [3.05, 3.63) is 83.8 Å². The zero-order chi connectivity index (χ0) is 22.5. The second kappa shape index (κ2) is 7.31. The Labute approximate surface area is 184 Å². The summed E-state index contributed by atoms with van der Waals surface area (Å²) in [6.45, 7) is 2.25. The molecule has 0 unspecified atom stereocenters. The van der Waals surface area contributed by atoms with E-state index in [4.69, 9.17) is 9.92 Å². The number of benzene rings is 2. The maximum atomic E-state index is 13.4. The molecule has 0 atom stereocenters. The number of carbonyl (C=O) groups is 1. The standard InChI is InChI=1S/C23H18N4O4S/c1-14-3-5-15(6-4-14)32(29,30)31-19-8-7-18-20-21(19)23(28)17-13-25-11-9-16(17)22(20)26-27(18)12-2-10-24/h2-11,13H,12,24H2,1H3. The summed E-state index contributed by atoms with van der Waals surface area (Å²) in [6.07, 6.45) is 6.19. The molecule has 8 nitrogen and oxygen atoms in total. The van der Waals surface area contributed by atoms with E-state index >= 15 is 0 Å². The van der Waals surface area contributed by atoms with E-state index in [2.05, 4.69) is 10.1 Å². The van der Waals surface area contributed by atoms with Crippen LogP contribution in [0.15, 0.2) is 72.0 Å². The van der Waals surface area contributed by atoms with Crippen molar-refractivity contribution in [2.24, 2.45) is 5.73 Å². The summed E-state index contributed by atoms with van der Waals surface area (Å²) in [7, 11) is -4.15. The molecular formula is C23H18N4O4S. The van der Waals surface area contributed by atoms with Gasteiger partial charge in [-0.05, 0) is 49.5 Å². The van der Waals surface area contributed by atoms with Crippen molar-refractivity contribution in [3.8, 4) is 17.0 Å². The number of ketones is 1. The molecule has 2 N–H and O–H groups in total. The summed E-state index contributed by atoms with van der Waals surface area (Å²) in [5, 5.41) is 5.20. The van der Waals surface area contributed by atoms with Crippen LogP contribution in [-0.4, -0.2) is 29.0 Å². The Morgan fingerprint density at radius 1 is 1.09 bits per heavy atom. The third kappa shape index (κ3) is 3.05. The van der Waals surface area contributed by atoms with E-state index in [9.17, 15) is 13.2 Å². The molecule has 1 aliphatic carbocycles. The van der Waals surface area contributed by atoms with E-state index in [1.165, 1.54) is 30.6 Å². The second-order valence-corrected chi connectivity index (χ2v) is 8.94. The normalized spacial score (nSPS) is 13.0. The number of hydrogen-bond donors (Lipinski definition) is 1. The summed E-state index contributed by atoms with van der Waals surface area (Å²) in [5.41, 5.74) is 8.77. The number of aromatic nitrogens is 3. The third-order valence-corrected chi connectivity index (χ3v) is 6.60. The lowest BCUT2D eigenvalue weighted by Crippen LogP contribution is -2.15. The average molecular weight is 446 g/mol. The van der Waals surface area contributed by atoms with Gasteiger partial charge in [0.2, 0.25) is 0 Å². The minimum atomic E-state index is -4.15. The van der Waals surface area contributed by atoms with Gasteiger partial charge >= 0.3 is 10.1 Å². The van der Waals surface area contributed by atoms with Crippen LogP contribution in [0.3, 0.4) is 0 Å². The van der Waals surface area contributed by atoms with Crippen LogP contribution in [0.2, 0.25) is 0 Å². The maximum Gasteiger partial charge on any atom is 0.339 e. The fourth-order valence-corrected chi connectivity index (χ4v) is 4.76. The number of nitrogens with zero attached hydrogens (tertiary/aromatic N) is 3. The van der Waals surface area contributed by atoms with Gasteiger partial charge in [-0.15, -0.1) is 0 Å². The number of pyridine rings is 1. The number of hydrogen-bond acceptors (Lipinski definition) is 7. The fourth-order valence-electron chi connectivity index (χ4n) is 3.82. The molecule has 0 fully saturated rings. The second-order valence-electron chi connectivity index (χ2n) is 7.39. The minimum Gasteiger partial charge on any atom is -0.405 e. The van der Waals surface area contributed by atoms with Crippen molar-refractivity contribution in [1.29, 1.82) is 0 Å². The van der Waals surface area contributed by atoms with Gasteiger partial charge in [0.25, 0.3) is 0 Å². The summed E-state index contributed by atoms with van der Waals surface area (Å²) in [6, 6.07) is 11.2. The highest BCUT2D eigenvalue weighted by Crippen LogP contribution is 2.43. The number of aryl methyl sites for hydroxylation is 1. The third-order valence-electron chi connectivity index (χ3n) is 5.35. The van der Waals surface area contributed by atoms with Gasteiger partial charge in [0.1, 0.15) is 10.6 Å². The number of allylic oxidation sites excluding steroid dienone is 1. The van der Waals surface area contributed by atoms with Gasteiger partial charge in [-0.3, -0.25) is 14.5 Å². The quantitative estimate of drug-likeness (QED) is 0.412. The molecule has 0 spiro atoms. The van der Waals surface area contributed by atoms with Gasteiger partial charge in [-0.25, -0.2) is 0 Å². The maximum absolute atomic E-state index is 13.4. The van der Waals surface area contributed by atoms with Crippen molar-refractivity contribution in [2.75, 3.05) is 0 Å². The van der Waals surface area contributed by atoms with Crippen LogP contribution in [0.5, 0.6) is 5.75 Å². The molecule has 5 rings (SSSR count). The summed E-state index contributed by atoms with van der Waals surface area (Å²) >= 11 is 0. The Bertz CT molecular complexity index is 1520. The van der Waals surface area contributed by atoms with E-state index in [-0.39, 0.29) is 22.0 Å². The van der Waals surface area contributed by atoms with Crippen LogP contribution in [0, 0.1) is 6.92 Å². The first-order valence-corrected chi connectivity index (χ1v) is 11.2. The smallest absolute Gasteiger partial charge is 0.339 e. The molecule has 0 radical (unpaired) electrons.